The molecule has 0 radical (unpaired) electrons. The van der Waals surface area contributed by atoms with Gasteiger partial charge >= 0.3 is 0 Å². The monoisotopic (exact) mass is 406 g/mol. The van der Waals surface area contributed by atoms with Crippen molar-refractivity contribution in [3.05, 3.63) is 64.7 Å². The summed E-state index contributed by atoms with van der Waals surface area (Å²) in [5, 5.41) is 0.696. The molecule has 2 N–H and O–H groups in total. The van der Waals surface area contributed by atoms with Crippen LogP contribution >= 0.6 is 24.0 Å². The lowest BCUT2D eigenvalue weighted by atomic mass is 9.98. The first kappa shape index (κ1) is 20.0. The summed E-state index contributed by atoms with van der Waals surface area (Å²) >= 11 is 5.92. The molecule has 4 nitrogen and oxygen atoms in total. The number of carbonyl (C=O) groups is 1. The number of hydrogen-bond donors (Lipinski definition) is 1. The van der Waals surface area contributed by atoms with E-state index in [1.165, 1.54) is 0 Å². The molecule has 1 aliphatic carbocycles. The van der Waals surface area contributed by atoms with Gasteiger partial charge in [-0.05, 0) is 54.5 Å². The maximum atomic E-state index is 13.0. The van der Waals surface area contributed by atoms with Crippen LogP contribution in [0.25, 0.3) is 0 Å². The van der Waals surface area contributed by atoms with Gasteiger partial charge < -0.3 is 15.4 Å². The minimum absolute atomic E-state index is 0. The van der Waals surface area contributed by atoms with E-state index in [-0.39, 0.29) is 24.4 Å². The quantitative estimate of drug-likeness (QED) is 0.829. The first-order valence-corrected chi connectivity index (χ1v) is 9.51. The van der Waals surface area contributed by atoms with Crippen LogP contribution in [0.5, 0.6) is 5.75 Å². The molecule has 2 aromatic rings. The lowest BCUT2D eigenvalue weighted by Crippen LogP contribution is -2.33. The number of nitrogens with zero attached hydrogens (tertiary/aromatic N) is 1. The third-order valence-electron chi connectivity index (χ3n) is 5.62. The fourth-order valence-corrected chi connectivity index (χ4v) is 4.28. The zero-order valence-corrected chi connectivity index (χ0v) is 16.6. The van der Waals surface area contributed by atoms with Crippen LogP contribution < -0.4 is 10.5 Å². The molecule has 4 rings (SSSR count). The molecular formula is C21H24Cl2N2O2. The van der Waals surface area contributed by atoms with E-state index in [0.717, 1.165) is 31.5 Å². The fraction of sp³-hybridized carbons (Fsp3) is 0.381. The van der Waals surface area contributed by atoms with E-state index in [0.29, 0.717) is 34.8 Å². The lowest BCUT2D eigenvalue weighted by molar-refractivity contribution is 0.0774. The Bertz CT molecular complexity index is 797. The molecule has 1 saturated heterocycles. The number of amides is 1. The van der Waals surface area contributed by atoms with E-state index >= 15 is 0 Å². The molecule has 2 aromatic carbocycles. The largest absolute Gasteiger partial charge is 0.488 e. The van der Waals surface area contributed by atoms with Crippen LogP contribution in [-0.4, -0.2) is 29.9 Å². The summed E-state index contributed by atoms with van der Waals surface area (Å²) in [6.07, 6.45) is 2.21. The number of hydrogen-bond acceptors (Lipinski definition) is 3. The minimum Gasteiger partial charge on any atom is -0.488 e. The van der Waals surface area contributed by atoms with Crippen LogP contribution in [0.3, 0.4) is 0 Å². The predicted molar refractivity (Wildman–Crippen MR) is 110 cm³/mol. The second kappa shape index (κ2) is 8.51. The maximum absolute atomic E-state index is 13.0. The molecule has 1 saturated carbocycles. The van der Waals surface area contributed by atoms with E-state index < -0.39 is 0 Å². The highest BCUT2D eigenvalue weighted by atomic mass is 35.5. The SMILES string of the molecule is Cl.NC1CCC2CN(C(=O)c3ccccc3OCc3ccc(Cl)cc3)CC12. The second-order valence-electron chi connectivity index (χ2n) is 7.29. The third kappa shape index (κ3) is 4.23. The van der Waals surface area contributed by atoms with Crippen LogP contribution in [0.4, 0.5) is 0 Å². The molecule has 3 unspecified atom stereocenters. The van der Waals surface area contributed by atoms with Crippen molar-refractivity contribution in [1.82, 2.24) is 4.90 Å². The first-order chi connectivity index (χ1) is 12.6. The Balaban J connectivity index is 0.00000210. The Kier molecular flexibility index (Phi) is 6.30. The zero-order valence-electron chi connectivity index (χ0n) is 15.0. The Hall–Kier alpha value is -1.75. The van der Waals surface area contributed by atoms with E-state index in [4.69, 9.17) is 22.1 Å². The molecule has 144 valence electrons. The van der Waals surface area contributed by atoms with Crippen molar-refractivity contribution < 1.29 is 9.53 Å². The third-order valence-corrected chi connectivity index (χ3v) is 5.88. The molecule has 0 bridgehead atoms. The molecule has 2 fully saturated rings. The van der Waals surface area contributed by atoms with Gasteiger partial charge in [0, 0.05) is 24.2 Å². The number of fused-ring (bicyclic) bond motifs is 1. The molecule has 6 heteroatoms. The molecule has 1 aliphatic heterocycles. The molecule has 2 aliphatic rings. The van der Waals surface area contributed by atoms with Crippen molar-refractivity contribution >= 4 is 29.9 Å². The summed E-state index contributed by atoms with van der Waals surface area (Å²) in [4.78, 5) is 15.0. The smallest absolute Gasteiger partial charge is 0.257 e. The number of nitrogens with two attached hydrogens (primary N) is 1. The van der Waals surface area contributed by atoms with Gasteiger partial charge in [0.2, 0.25) is 0 Å². The van der Waals surface area contributed by atoms with Gasteiger partial charge in [-0.1, -0.05) is 35.9 Å². The molecule has 1 heterocycles. The Labute approximate surface area is 171 Å². The van der Waals surface area contributed by atoms with Crippen LogP contribution in [0, 0.1) is 11.8 Å². The standard InChI is InChI=1S/C21H23ClN2O2.ClH/c22-16-8-5-14(6-9-16)13-26-20-4-2-1-3-17(20)21(25)24-11-15-7-10-19(23)18(15)12-24;/h1-6,8-9,15,18-19H,7,10-13,23H2;1H. The Morgan fingerprint density at radius 3 is 2.59 bits per heavy atom. The summed E-state index contributed by atoms with van der Waals surface area (Å²) in [5.74, 6) is 1.66. The molecule has 1 amide bonds. The lowest BCUT2D eigenvalue weighted by Gasteiger charge is -2.20. The summed E-state index contributed by atoms with van der Waals surface area (Å²) in [6, 6.07) is 15.2. The van der Waals surface area contributed by atoms with Crippen molar-refractivity contribution in [2.45, 2.75) is 25.5 Å². The van der Waals surface area contributed by atoms with Gasteiger partial charge in [-0.2, -0.15) is 0 Å². The highest BCUT2D eigenvalue weighted by Crippen LogP contribution is 2.38. The highest BCUT2D eigenvalue weighted by molar-refractivity contribution is 6.30. The minimum atomic E-state index is 0. The number of carbonyl (C=O) groups excluding carboxylic acids is 1. The van der Waals surface area contributed by atoms with Gasteiger partial charge in [0.1, 0.15) is 12.4 Å². The van der Waals surface area contributed by atoms with Gasteiger partial charge in [-0.3, -0.25) is 4.79 Å². The number of likely N-dealkylation sites (tertiary alicyclic amines) is 1. The number of halogens is 2. The number of para-hydroxylation sites is 1. The molecule has 3 atom stereocenters. The van der Waals surface area contributed by atoms with Crippen molar-refractivity contribution in [1.29, 1.82) is 0 Å². The Morgan fingerprint density at radius 2 is 1.85 bits per heavy atom. The van der Waals surface area contributed by atoms with Gasteiger partial charge in [-0.25, -0.2) is 0 Å². The van der Waals surface area contributed by atoms with Gasteiger partial charge in [0.25, 0.3) is 5.91 Å². The molecular weight excluding hydrogens is 383 g/mol. The number of rotatable bonds is 4. The van der Waals surface area contributed by atoms with Gasteiger partial charge in [0.15, 0.2) is 0 Å². The molecule has 0 aromatic heterocycles. The second-order valence-corrected chi connectivity index (χ2v) is 7.72. The first-order valence-electron chi connectivity index (χ1n) is 9.13. The van der Waals surface area contributed by atoms with Gasteiger partial charge in [-0.15, -0.1) is 12.4 Å². The Morgan fingerprint density at radius 1 is 1.11 bits per heavy atom. The van der Waals surface area contributed by atoms with E-state index in [1.807, 2.05) is 53.4 Å². The predicted octanol–water partition coefficient (Wildman–Crippen LogP) is 4.15. The molecule has 0 spiro atoms. The summed E-state index contributed by atoms with van der Waals surface area (Å²) in [7, 11) is 0. The normalized spacial score (nSPS) is 23.6. The average Bonchev–Trinajstić information content (AvgIpc) is 3.23. The van der Waals surface area contributed by atoms with Crippen LogP contribution in [-0.2, 0) is 6.61 Å². The number of ether oxygens (including phenoxy) is 1. The highest BCUT2D eigenvalue weighted by Gasteiger charge is 2.42. The molecule has 27 heavy (non-hydrogen) atoms. The summed E-state index contributed by atoms with van der Waals surface area (Å²) in [6.45, 7) is 1.97. The van der Waals surface area contributed by atoms with Crippen LogP contribution in [0.2, 0.25) is 5.02 Å². The van der Waals surface area contributed by atoms with Crippen molar-refractivity contribution in [2.75, 3.05) is 13.1 Å². The van der Waals surface area contributed by atoms with Gasteiger partial charge in [0.05, 0.1) is 5.56 Å². The van der Waals surface area contributed by atoms with E-state index in [9.17, 15) is 4.79 Å². The number of benzene rings is 2. The van der Waals surface area contributed by atoms with E-state index in [2.05, 4.69) is 0 Å². The van der Waals surface area contributed by atoms with Crippen molar-refractivity contribution in [3.8, 4) is 5.75 Å². The fourth-order valence-electron chi connectivity index (χ4n) is 4.15. The van der Waals surface area contributed by atoms with E-state index in [1.54, 1.807) is 0 Å². The topological polar surface area (TPSA) is 55.6 Å². The maximum Gasteiger partial charge on any atom is 0.257 e. The van der Waals surface area contributed by atoms with Crippen LogP contribution in [0.15, 0.2) is 48.5 Å². The summed E-state index contributed by atoms with van der Waals surface area (Å²) in [5.41, 5.74) is 7.83. The summed E-state index contributed by atoms with van der Waals surface area (Å²) < 4.78 is 5.94. The average molecular weight is 407 g/mol. The zero-order chi connectivity index (χ0) is 18.1. The van der Waals surface area contributed by atoms with Crippen LogP contribution in [0.1, 0.15) is 28.8 Å². The van der Waals surface area contributed by atoms with Crippen molar-refractivity contribution in [2.24, 2.45) is 17.6 Å². The van der Waals surface area contributed by atoms with Crippen molar-refractivity contribution in [3.63, 3.8) is 0 Å².